The quantitative estimate of drug-likeness (QED) is 0.637. The predicted molar refractivity (Wildman–Crippen MR) is 83.4 cm³/mol. The van der Waals surface area contributed by atoms with Crippen LogP contribution < -0.4 is 0 Å². The fraction of sp³-hybridized carbons (Fsp3) is 0.333. The summed E-state index contributed by atoms with van der Waals surface area (Å²) in [6.07, 6.45) is 4.92. The molecule has 0 amide bonds. The first-order valence-corrected chi connectivity index (χ1v) is 7.58. The van der Waals surface area contributed by atoms with Gasteiger partial charge in [0.25, 0.3) is 0 Å². The van der Waals surface area contributed by atoms with Gasteiger partial charge >= 0.3 is 0 Å². The molecule has 4 N–H and O–H groups in total. The van der Waals surface area contributed by atoms with Crippen LogP contribution in [-0.4, -0.2) is 20.4 Å². The van der Waals surface area contributed by atoms with E-state index in [1.54, 1.807) is 18.2 Å². The first-order chi connectivity index (χ1) is 10.5. The molecule has 2 aromatic carbocycles. The largest absolute Gasteiger partial charge is 0.508 e. The van der Waals surface area contributed by atoms with E-state index in [9.17, 15) is 20.4 Å². The second kappa shape index (κ2) is 5.44. The topological polar surface area (TPSA) is 80.9 Å². The lowest BCUT2D eigenvalue weighted by Crippen LogP contribution is -2.30. The Balaban J connectivity index is 2.18. The number of hydrogen-bond acceptors (Lipinski definition) is 4. The first-order valence-electron chi connectivity index (χ1n) is 7.58. The average Bonchev–Trinajstić information content (AvgIpc) is 2.54. The Morgan fingerprint density at radius 1 is 0.682 bits per heavy atom. The van der Waals surface area contributed by atoms with Crippen molar-refractivity contribution in [3.05, 3.63) is 47.5 Å². The molecule has 0 radical (unpaired) electrons. The molecule has 1 aliphatic carbocycles. The number of phenols is 4. The summed E-state index contributed by atoms with van der Waals surface area (Å²) < 4.78 is 0. The molecule has 4 heteroatoms. The van der Waals surface area contributed by atoms with Gasteiger partial charge in [-0.1, -0.05) is 37.5 Å². The molecule has 22 heavy (non-hydrogen) atoms. The highest BCUT2D eigenvalue weighted by Crippen LogP contribution is 2.51. The fourth-order valence-corrected chi connectivity index (χ4v) is 3.60. The molecular weight excluding hydrogens is 280 g/mol. The maximum atomic E-state index is 10.4. The summed E-state index contributed by atoms with van der Waals surface area (Å²) in [6, 6.07) is 10.1. The number of aromatic hydroxyl groups is 4. The number of benzene rings is 2. The van der Waals surface area contributed by atoms with Gasteiger partial charge < -0.3 is 20.4 Å². The van der Waals surface area contributed by atoms with E-state index < -0.39 is 11.2 Å². The minimum Gasteiger partial charge on any atom is -0.508 e. The Morgan fingerprint density at radius 2 is 1.32 bits per heavy atom. The summed E-state index contributed by atoms with van der Waals surface area (Å²) in [6.45, 7) is 0. The highest BCUT2D eigenvalue weighted by molar-refractivity contribution is 5.58. The molecule has 3 rings (SSSR count). The van der Waals surface area contributed by atoms with Crippen molar-refractivity contribution >= 4 is 0 Å². The van der Waals surface area contributed by atoms with Gasteiger partial charge in [-0.2, -0.15) is 0 Å². The number of rotatable bonds is 2. The molecule has 116 valence electrons. The lowest BCUT2D eigenvalue weighted by atomic mass is 9.65. The van der Waals surface area contributed by atoms with Crippen LogP contribution in [0.5, 0.6) is 23.0 Å². The maximum Gasteiger partial charge on any atom is 0.200 e. The Bertz CT molecular complexity index is 670. The van der Waals surface area contributed by atoms with Crippen molar-refractivity contribution in [1.82, 2.24) is 0 Å². The van der Waals surface area contributed by atoms with Crippen LogP contribution in [0.4, 0.5) is 0 Å². The van der Waals surface area contributed by atoms with Crippen LogP contribution in [0.15, 0.2) is 36.4 Å². The van der Waals surface area contributed by atoms with Crippen molar-refractivity contribution in [1.29, 1.82) is 0 Å². The molecule has 2 aromatic rings. The van der Waals surface area contributed by atoms with E-state index in [0.29, 0.717) is 5.56 Å². The van der Waals surface area contributed by atoms with Crippen LogP contribution in [0.25, 0.3) is 0 Å². The van der Waals surface area contributed by atoms with Crippen molar-refractivity contribution in [2.24, 2.45) is 0 Å². The van der Waals surface area contributed by atoms with Gasteiger partial charge in [0.1, 0.15) is 5.75 Å². The van der Waals surface area contributed by atoms with Crippen molar-refractivity contribution in [3.63, 3.8) is 0 Å². The molecule has 0 unspecified atom stereocenters. The zero-order valence-electron chi connectivity index (χ0n) is 12.3. The molecule has 1 saturated carbocycles. The lowest BCUT2D eigenvalue weighted by molar-refractivity contribution is 0.318. The molecule has 4 nitrogen and oxygen atoms in total. The summed E-state index contributed by atoms with van der Waals surface area (Å²) in [5.74, 6) is -0.846. The standard InChI is InChI=1S/C18H20O4/c19-13-6-4-12(5-7-13)18(10-2-1-3-11-18)14-8-9-15(20)17(22)16(14)21/h4-9,19-22H,1-3,10-11H2. The van der Waals surface area contributed by atoms with E-state index in [0.717, 1.165) is 37.7 Å². The molecule has 0 atom stereocenters. The predicted octanol–water partition coefficient (Wildman–Crippen LogP) is 3.76. The third-order valence-corrected chi connectivity index (χ3v) is 4.77. The SMILES string of the molecule is Oc1ccc(C2(c3ccc(O)c(O)c3O)CCCCC2)cc1. The Kier molecular flexibility index (Phi) is 3.61. The van der Waals surface area contributed by atoms with Crippen LogP contribution >= 0.6 is 0 Å². The highest BCUT2D eigenvalue weighted by Gasteiger charge is 2.38. The second-order valence-electron chi connectivity index (χ2n) is 6.02. The van der Waals surface area contributed by atoms with Gasteiger partial charge in [0.2, 0.25) is 5.75 Å². The molecular formula is C18H20O4. The van der Waals surface area contributed by atoms with Gasteiger partial charge in [-0.3, -0.25) is 0 Å². The zero-order chi connectivity index (χ0) is 15.7. The van der Waals surface area contributed by atoms with Crippen LogP contribution in [-0.2, 0) is 5.41 Å². The fourth-order valence-electron chi connectivity index (χ4n) is 3.60. The summed E-state index contributed by atoms with van der Waals surface area (Å²) in [4.78, 5) is 0. The molecule has 0 heterocycles. The van der Waals surface area contributed by atoms with E-state index in [-0.39, 0.29) is 17.2 Å². The minimum absolute atomic E-state index is 0.201. The molecule has 0 spiro atoms. The van der Waals surface area contributed by atoms with Crippen molar-refractivity contribution in [2.45, 2.75) is 37.5 Å². The zero-order valence-corrected chi connectivity index (χ0v) is 12.3. The lowest BCUT2D eigenvalue weighted by Gasteiger charge is -2.39. The smallest absolute Gasteiger partial charge is 0.200 e. The molecule has 0 aliphatic heterocycles. The summed E-state index contributed by atoms with van der Waals surface area (Å²) >= 11 is 0. The number of hydrogen-bond donors (Lipinski definition) is 4. The van der Waals surface area contributed by atoms with Crippen LogP contribution in [0.3, 0.4) is 0 Å². The van der Waals surface area contributed by atoms with Gasteiger partial charge in [0, 0.05) is 11.0 Å². The Morgan fingerprint density at radius 3 is 1.95 bits per heavy atom. The number of phenolic OH excluding ortho intramolecular Hbond substituents is 4. The normalized spacial score (nSPS) is 17.3. The second-order valence-corrected chi connectivity index (χ2v) is 6.02. The minimum atomic E-state index is -0.471. The van der Waals surface area contributed by atoms with Crippen LogP contribution in [0, 0.1) is 0 Å². The van der Waals surface area contributed by atoms with Gasteiger partial charge in [0.15, 0.2) is 11.5 Å². The molecule has 0 aromatic heterocycles. The van der Waals surface area contributed by atoms with E-state index >= 15 is 0 Å². The molecule has 1 fully saturated rings. The van der Waals surface area contributed by atoms with Gasteiger partial charge in [0.05, 0.1) is 0 Å². The van der Waals surface area contributed by atoms with Gasteiger partial charge in [-0.05, 0) is 36.6 Å². The van der Waals surface area contributed by atoms with Gasteiger partial charge in [-0.25, -0.2) is 0 Å². The summed E-state index contributed by atoms with van der Waals surface area (Å²) in [7, 11) is 0. The van der Waals surface area contributed by atoms with E-state index in [2.05, 4.69) is 0 Å². The highest BCUT2D eigenvalue weighted by atomic mass is 16.3. The average molecular weight is 300 g/mol. The van der Waals surface area contributed by atoms with Crippen LogP contribution in [0.2, 0.25) is 0 Å². The molecule has 0 bridgehead atoms. The molecule has 1 aliphatic rings. The van der Waals surface area contributed by atoms with Crippen LogP contribution in [0.1, 0.15) is 43.2 Å². The Hall–Kier alpha value is -2.36. The maximum absolute atomic E-state index is 10.4. The summed E-state index contributed by atoms with van der Waals surface area (Å²) in [5.41, 5.74) is 1.24. The van der Waals surface area contributed by atoms with Crippen molar-refractivity contribution < 1.29 is 20.4 Å². The third-order valence-electron chi connectivity index (χ3n) is 4.77. The third kappa shape index (κ3) is 2.25. The van der Waals surface area contributed by atoms with Gasteiger partial charge in [-0.15, -0.1) is 0 Å². The summed E-state index contributed by atoms with van der Waals surface area (Å²) in [5, 5.41) is 39.3. The first kappa shape index (κ1) is 14.6. The van der Waals surface area contributed by atoms with E-state index in [4.69, 9.17) is 0 Å². The Labute approximate surface area is 129 Å². The van der Waals surface area contributed by atoms with Crippen molar-refractivity contribution in [2.75, 3.05) is 0 Å². The van der Waals surface area contributed by atoms with E-state index in [1.807, 2.05) is 12.1 Å². The monoisotopic (exact) mass is 300 g/mol. The van der Waals surface area contributed by atoms with Crippen molar-refractivity contribution in [3.8, 4) is 23.0 Å². The van der Waals surface area contributed by atoms with E-state index in [1.165, 1.54) is 6.07 Å². The molecule has 0 saturated heterocycles.